The molecule has 2 aromatic carbocycles. The van der Waals surface area contributed by atoms with Crippen molar-refractivity contribution >= 4 is 22.5 Å². The molecule has 1 amide bonds. The number of rotatable bonds is 8. The summed E-state index contributed by atoms with van der Waals surface area (Å²) in [5, 5.41) is 3.56. The van der Waals surface area contributed by atoms with Crippen LogP contribution in [0.5, 0.6) is 5.75 Å². The van der Waals surface area contributed by atoms with Gasteiger partial charge in [0, 0.05) is 30.6 Å². The van der Waals surface area contributed by atoms with E-state index in [-0.39, 0.29) is 31.1 Å². The maximum Gasteiger partial charge on any atom is 0.416 e. The first kappa shape index (κ1) is 20.7. The van der Waals surface area contributed by atoms with E-state index in [0.29, 0.717) is 6.42 Å². The number of hydrogen-bond acceptors (Lipinski definition) is 3. The zero-order valence-electron chi connectivity index (χ0n) is 15.8. The molecule has 154 valence electrons. The number of ether oxygens (including phenoxy) is 2. The van der Waals surface area contributed by atoms with Gasteiger partial charge >= 0.3 is 6.18 Å². The Morgan fingerprint density at radius 2 is 1.93 bits per heavy atom. The van der Waals surface area contributed by atoms with Gasteiger partial charge in [0.25, 0.3) is 0 Å². The van der Waals surface area contributed by atoms with Crippen LogP contribution in [0.2, 0.25) is 0 Å². The van der Waals surface area contributed by atoms with E-state index in [9.17, 15) is 18.0 Å². The van der Waals surface area contributed by atoms with Gasteiger partial charge in [-0.2, -0.15) is 13.2 Å². The number of carbonyl (C=O) groups excluding carboxylic acids is 1. The number of aromatic nitrogens is 1. The molecule has 0 unspecified atom stereocenters. The topological polar surface area (TPSA) is 63.4 Å². The van der Waals surface area contributed by atoms with Crippen LogP contribution in [0.25, 0.3) is 10.9 Å². The molecule has 0 spiro atoms. The molecule has 0 atom stereocenters. The second kappa shape index (κ2) is 9.00. The highest BCUT2D eigenvalue weighted by molar-refractivity contribution is 5.93. The van der Waals surface area contributed by atoms with E-state index in [1.807, 2.05) is 30.5 Å². The SMILES string of the molecule is COCCOc1ccc(C(F)(F)F)cc1NC(=O)CCc1c[nH]c2ccccc12. The monoisotopic (exact) mass is 406 g/mol. The number of methoxy groups -OCH3 is 1. The fourth-order valence-electron chi connectivity index (χ4n) is 2.96. The fraction of sp³-hybridized carbons (Fsp3) is 0.286. The minimum Gasteiger partial charge on any atom is -0.489 e. The molecule has 0 saturated carbocycles. The Bertz CT molecular complexity index is 983. The number of H-pyrrole nitrogens is 1. The number of carbonyl (C=O) groups is 1. The molecule has 8 heteroatoms. The van der Waals surface area contributed by atoms with E-state index in [4.69, 9.17) is 9.47 Å². The molecule has 0 bridgehead atoms. The lowest BCUT2D eigenvalue weighted by molar-refractivity contribution is -0.137. The number of hydrogen-bond donors (Lipinski definition) is 2. The molecular weight excluding hydrogens is 385 g/mol. The Morgan fingerprint density at radius 1 is 1.14 bits per heavy atom. The third kappa shape index (κ3) is 5.29. The molecule has 0 aliphatic heterocycles. The fourth-order valence-corrected chi connectivity index (χ4v) is 2.96. The predicted octanol–water partition coefficient (Wildman–Crippen LogP) is 4.78. The average Bonchev–Trinajstić information content (AvgIpc) is 3.10. The van der Waals surface area contributed by atoms with Gasteiger partial charge in [0.2, 0.25) is 5.91 Å². The highest BCUT2D eigenvalue weighted by atomic mass is 19.4. The number of benzene rings is 2. The first-order valence-electron chi connectivity index (χ1n) is 9.06. The van der Waals surface area contributed by atoms with Crippen LogP contribution in [-0.2, 0) is 22.1 Å². The van der Waals surface area contributed by atoms with Crippen molar-refractivity contribution in [2.75, 3.05) is 25.6 Å². The van der Waals surface area contributed by atoms with E-state index in [2.05, 4.69) is 10.3 Å². The highest BCUT2D eigenvalue weighted by Gasteiger charge is 2.31. The van der Waals surface area contributed by atoms with Crippen LogP contribution in [0.3, 0.4) is 0 Å². The largest absolute Gasteiger partial charge is 0.489 e. The number of fused-ring (bicyclic) bond motifs is 1. The van der Waals surface area contributed by atoms with Gasteiger partial charge in [0.05, 0.1) is 17.9 Å². The van der Waals surface area contributed by atoms with Gasteiger partial charge in [-0.05, 0) is 36.2 Å². The van der Waals surface area contributed by atoms with Crippen molar-refractivity contribution in [3.8, 4) is 5.75 Å². The van der Waals surface area contributed by atoms with Gasteiger partial charge in [-0.15, -0.1) is 0 Å². The number of aryl methyl sites for hydroxylation is 1. The Hall–Kier alpha value is -3.00. The van der Waals surface area contributed by atoms with Crippen LogP contribution in [0.4, 0.5) is 18.9 Å². The standard InChI is InChI=1S/C21H21F3N2O3/c1-28-10-11-29-19-8-7-15(21(22,23)24)12-18(19)26-20(27)9-6-14-13-25-17-5-3-2-4-16(14)17/h2-5,7-8,12-13,25H,6,9-11H2,1H3,(H,26,27). The normalized spacial score (nSPS) is 11.6. The summed E-state index contributed by atoms with van der Waals surface area (Å²) in [6.07, 6.45) is -2.11. The highest BCUT2D eigenvalue weighted by Crippen LogP contribution is 2.35. The van der Waals surface area contributed by atoms with Gasteiger partial charge in [0.1, 0.15) is 12.4 Å². The van der Waals surface area contributed by atoms with Crippen LogP contribution in [0.1, 0.15) is 17.5 Å². The van der Waals surface area contributed by atoms with E-state index in [0.717, 1.165) is 28.6 Å². The van der Waals surface area contributed by atoms with E-state index in [1.165, 1.54) is 13.2 Å². The quantitative estimate of drug-likeness (QED) is 0.529. The zero-order chi connectivity index (χ0) is 20.9. The molecule has 1 aromatic heterocycles. The van der Waals surface area contributed by atoms with Gasteiger partial charge < -0.3 is 19.8 Å². The van der Waals surface area contributed by atoms with Crippen LogP contribution in [0, 0.1) is 0 Å². The van der Waals surface area contributed by atoms with Gasteiger partial charge in [-0.3, -0.25) is 4.79 Å². The molecule has 3 aromatic rings. The molecule has 0 saturated heterocycles. The molecule has 0 aliphatic carbocycles. The number of halogens is 3. The summed E-state index contributed by atoms with van der Waals surface area (Å²) in [5.74, 6) is -0.235. The zero-order valence-corrected chi connectivity index (χ0v) is 15.8. The van der Waals surface area contributed by atoms with E-state index < -0.39 is 17.6 Å². The Morgan fingerprint density at radius 3 is 2.69 bits per heavy atom. The molecule has 1 heterocycles. The lowest BCUT2D eigenvalue weighted by atomic mass is 10.1. The molecule has 3 rings (SSSR count). The summed E-state index contributed by atoms with van der Waals surface area (Å²) < 4.78 is 49.5. The lowest BCUT2D eigenvalue weighted by Crippen LogP contribution is -2.15. The van der Waals surface area contributed by atoms with Crippen molar-refractivity contribution in [3.05, 3.63) is 59.8 Å². The molecular formula is C21H21F3N2O3. The predicted molar refractivity (Wildman–Crippen MR) is 104 cm³/mol. The third-order valence-corrected chi connectivity index (χ3v) is 4.42. The van der Waals surface area contributed by atoms with Crippen molar-refractivity contribution in [1.82, 2.24) is 4.98 Å². The average molecular weight is 406 g/mol. The maximum atomic E-state index is 13.0. The summed E-state index contributed by atoms with van der Waals surface area (Å²) >= 11 is 0. The number of para-hydroxylation sites is 1. The molecule has 0 aliphatic rings. The lowest BCUT2D eigenvalue weighted by Gasteiger charge is -2.15. The Balaban J connectivity index is 1.71. The summed E-state index contributed by atoms with van der Waals surface area (Å²) in [5.41, 5.74) is 1.06. The van der Waals surface area contributed by atoms with Crippen molar-refractivity contribution < 1.29 is 27.4 Å². The number of anilines is 1. The third-order valence-electron chi connectivity index (χ3n) is 4.42. The van der Waals surface area contributed by atoms with Gasteiger partial charge in [0.15, 0.2) is 0 Å². The maximum absolute atomic E-state index is 13.0. The first-order chi connectivity index (χ1) is 13.9. The van der Waals surface area contributed by atoms with Crippen LogP contribution in [0.15, 0.2) is 48.7 Å². The summed E-state index contributed by atoms with van der Waals surface area (Å²) in [4.78, 5) is 15.5. The Kier molecular flexibility index (Phi) is 6.43. The van der Waals surface area contributed by atoms with E-state index >= 15 is 0 Å². The number of aromatic amines is 1. The molecule has 29 heavy (non-hydrogen) atoms. The first-order valence-corrected chi connectivity index (χ1v) is 9.06. The molecule has 2 N–H and O–H groups in total. The molecule has 0 radical (unpaired) electrons. The van der Waals surface area contributed by atoms with E-state index in [1.54, 1.807) is 0 Å². The van der Waals surface area contributed by atoms with Gasteiger partial charge in [-0.1, -0.05) is 18.2 Å². The molecule has 5 nitrogen and oxygen atoms in total. The minimum absolute atomic E-state index is 0.0140. The van der Waals surface area contributed by atoms with Crippen LogP contribution < -0.4 is 10.1 Å². The van der Waals surface area contributed by atoms with Crippen molar-refractivity contribution in [1.29, 1.82) is 0 Å². The summed E-state index contributed by atoms with van der Waals surface area (Å²) in [6, 6.07) is 10.7. The summed E-state index contributed by atoms with van der Waals surface area (Å²) in [6.45, 7) is 0.426. The smallest absolute Gasteiger partial charge is 0.416 e. The number of amides is 1. The van der Waals surface area contributed by atoms with Crippen molar-refractivity contribution in [3.63, 3.8) is 0 Å². The van der Waals surface area contributed by atoms with Crippen LogP contribution >= 0.6 is 0 Å². The molecule has 0 fully saturated rings. The number of nitrogens with one attached hydrogen (secondary N) is 2. The van der Waals surface area contributed by atoms with Crippen LogP contribution in [-0.4, -0.2) is 31.2 Å². The second-order valence-corrected chi connectivity index (χ2v) is 6.46. The Labute approximate surface area is 165 Å². The minimum atomic E-state index is -4.52. The van der Waals surface area contributed by atoms with Gasteiger partial charge in [-0.25, -0.2) is 0 Å². The summed E-state index contributed by atoms with van der Waals surface area (Å²) in [7, 11) is 1.49. The van der Waals surface area contributed by atoms with Crippen molar-refractivity contribution in [2.45, 2.75) is 19.0 Å². The second-order valence-electron chi connectivity index (χ2n) is 6.46. The number of alkyl halides is 3. The van der Waals surface area contributed by atoms with Crippen molar-refractivity contribution in [2.24, 2.45) is 0 Å².